The van der Waals surface area contributed by atoms with Gasteiger partial charge in [-0.1, -0.05) is 95.6 Å². The molecule has 0 saturated carbocycles. The lowest BCUT2D eigenvalue weighted by molar-refractivity contribution is 0.0747. The first-order valence-corrected chi connectivity index (χ1v) is 17.0. The van der Waals surface area contributed by atoms with Crippen molar-refractivity contribution in [3.63, 3.8) is 0 Å². The summed E-state index contributed by atoms with van der Waals surface area (Å²) in [5, 5.41) is 1.83. The highest BCUT2D eigenvalue weighted by atomic mass is 35.5. The molecule has 1 aromatic heterocycles. The Balaban J connectivity index is 0.974. The van der Waals surface area contributed by atoms with E-state index in [1.54, 1.807) is 11.8 Å². The van der Waals surface area contributed by atoms with E-state index < -0.39 is 0 Å². The molecule has 232 valence electrons. The number of hydrogen-bond acceptors (Lipinski definition) is 7. The molecular weight excluding hydrogens is 623 g/mol. The molecule has 2 fully saturated rings. The number of nitrogens with zero attached hydrogens (tertiary/aromatic N) is 6. The van der Waals surface area contributed by atoms with Gasteiger partial charge in [-0.15, -0.1) is 0 Å². The van der Waals surface area contributed by atoms with Crippen molar-refractivity contribution in [1.29, 1.82) is 0 Å². The van der Waals surface area contributed by atoms with Gasteiger partial charge in [-0.2, -0.15) is 0 Å². The molecule has 10 heteroatoms. The van der Waals surface area contributed by atoms with Crippen molar-refractivity contribution in [3.05, 3.63) is 118 Å². The number of benzene rings is 3. The smallest absolute Gasteiger partial charge is 0.253 e. The number of anilines is 2. The summed E-state index contributed by atoms with van der Waals surface area (Å²) in [6, 6.07) is 28.0. The van der Waals surface area contributed by atoms with E-state index in [0.29, 0.717) is 34.7 Å². The van der Waals surface area contributed by atoms with Crippen LogP contribution in [0.3, 0.4) is 0 Å². The first-order valence-electron chi connectivity index (χ1n) is 15.3. The third-order valence-electron chi connectivity index (χ3n) is 8.14. The van der Waals surface area contributed by atoms with Gasteiger partial charge >= 0.3 is 0 Å². The standard InChI is InChI=1S/C35H36Cl2N6OS/c36-30-9-4-10-31(24-30)41-20-22-43(23-21-41)34(44)29-13-11-28(12-14-29)26-45-35-38-32(37)25-33(39-35)42-18-16-40(17-19-42)15-5-8-27-6-2-1-3-7-27/h1-14,24-25H,15-23,26H2. The summed E-state index contributed by atoms with van der Waals surface area (Å²) in [5.74, 6) is 1.62. The summed E-state index contributed by atoms with van der Waals surface area (Å²) in [7, 11) is 0. The van der Waals surface area contributed by atoms with E-state index in [0.717, 1.165) is 67.9 Å². The molecule has 2 aliphatic heterocycles. The lowest BCUT2D eigenvalue weighted by Gasteiger charge is -2.36. The number of carbonyl (C=O) groups is 1. The maximum absolute atomic E-state index is 13.2. The maximum Gasteiger partial charge on any atom is 0.253 e. The van der Waals surface area contributed by atoms with Crippen LogP contribution in [0.5, 0.6) is 0 Å². The number of carbonyl (C=O) groups excluding carboxylic acids is 1. The number of rotatable bonds is 9. The zero-order valence-electron chi connectivity index (χ0n) is 25.1. The molecule has 0 aliphatic carbocycles. The van der Waals surface area contributed by atoms with Crippen molar-refractivity contribution in [1.82, 2.24) is 19.8 Å². The number of thioether (sulfide) groups is 1. The summed E-state index contributed by atoms with van der Waals surface area (Å²) in [6.07, 6.45) is 4.41. The summed E-state index contributed by atoms with van der Waals surface area (Å²) >= 11 is 14.1. The van der Waals surface area contributed by atoms with Gasteiger partial charge in [0.1, 0.15) is 11.0 Å². The molecule has 3 heterocycles. The van der Waals surface area contributed by atoms with Gasteiger partial charge in [0, 0.05) is 87.0 Å². The second kappa shape index (κ2) is 15.1. The quantitative estimate of drug-likeness (QED) is 0.110. The molecule has 3 aromatic carbocycles. The molecule has 1 amide bonds. The SMILES string of the molecule is O=C(c1ccc(CSc2nc(Cl)cc(N3CCN(CC=Cc4ccccc4)CC3)n2)cc1)N1CCN(c2cccc(Cl)c2)CC1. The van der Waals surface area contributed by atoms with E-state index >= 15 is 0 Å². The normalized spacial score (nSPS) is 16.0. The molecule has 0 unspecified atom stereocenters. The summed E-state index contributed by atoms with van der Waals surface area (Å²) in [5.41, 5.74) is 4.12. The van der Waals surface area contributed by atoms with Crippen LogP contribution < -0.4 is 9.80 Å². The van der Waals surface area contributed by atoms with Crippen LogP contribution in [-0.4, -0.2) is 84.6 Å². The molecule has 2 aliphatic rings. The number of piperazine rings is 2. The Bertz CT molecular complexity index is 1600. The Morgan fingerprint density at radius 3 is 2.24 bits per heavy atom. The largest absolute Gasteiger partial charge is 0.368 e. The number of aromatic nitrogens is 2. The minimum atomic E-state index is 0.0649. The molecule has 0 bridgehead atoms. The Labute approximate surface area is 279 Å². The highest BCUT2D eigenvalue weighted by Gasteiger charge is 2.23. The van der Waals surface area contributed by atoms with Gasteiger partial charge in [0.15, 0.2) is 5.16 Å². The fraction of sp³-hybridized carbons (Fsp3) is 0.286. The predicted octanol–water partition coefficient (Wildman–Crippen LogP) is 6.87. The van der Waals surface area contributed by atoms with Gasteiger partial charge in [-0.25, -0.2) is 9.97 Å². The molecule has 0 N–H and O–H groups in total. The second-order valence-corrected chi connectivity index (χ2v) is 12.9. The van der Waals surface area contributed by atoms with E-state index in [1.165, 1.54) is 5.56 Å². The van der Waals surface area contributed by atoms with Gasteiger partial charge in [0.25, 0.3) is 5.91 Å². The van der Waals surface area contributed by atoms with Crippen molar-refractivity contribution in [3.8, 4) is 0 Å². The first kappa shape index (κ1) is 31.4. The van der Waals surface area contributed by atoms with Gasteiger partial charge in [0.2, 0.25) is 0 Å². The molecule has 7 nitrogen and oxygen atoms in total. The molecule has 0 spiro atoms. The van der Waals surface area contributed by atoms with Crippen LogP contribution >= 0.6 is 35.0 Å². The van der Waals surface area contributed by atoms with Gasteiger partial charge in [-0.05, 0) is 41.5 Å². The first-order chi connectivity index (χ1) is 22.0. The molecule has 2 saturated heterocycles. The fourth-order valence-corrected chi connectivity index (χ4v) is 6.81. The van der Waals surface area contributed by atoms with E-state index in [-0.39, 0.29) is 5.91 Å². The summed E-state index contributed by atoms with van der Waals surface area (Å²) < 4.78 is 0. The zero-order valence-corrected chi connectivity index (χ0v) is 27.4. The zero-order chi connectivity index (χ0) is 31.0. The van der Waals surface area contributed by atoms with E-state index in [2.05, 4.69) is 62.2 Å². The van der Waals surface area contributed by atoms with Crippen LogP contribution in [-0.2, 0) is 5.75 Å². The van der Waals surface area contributed by atoms with E-state index in [9.17, 15) is 4.79 Å². The van der Waals surface area contributed by atoms with Crippen molar-refractivity contribution in [2.24, 2.45) is 0 Å². The molecule has 45 heavy (non-hydrogen) atoms. The molecular formula is C35H36Cl2N6OS. The van der Waals surface area contributed by atoms with Crippen LogP contribution in [0.2, 0.25) is 10.2 Å². The topological polar surface area (TPSA) is 55.8 Å². The summed E-state index contributed by atoms with van der Waals surface area (Å²) in [4.78, 5) is 31.4. The Hall–Kier alpha value is -3.56. The second-order valence-electron chi connectivity index (χ2n) is 11.2. The van der Waals surface area contributed by atoms with Gasteiger partial charge in [0.05, 0.1) is 0 Å². The highest BCUT2D eigenvalue weighted by Crippen LogP contribution is 2.26. The minimum absolute atomic E-state index is 0.0649. The van der Waals surface area contributed by atoms with Crippen LogP contribution in [0.1, 0.15) is 21.5 Å². The van der Waals surface area contributed by atoms with Crippen LogP contribution in [0.15, 0.2) is 96.2 Å². The van der Waals surface area contributed by atoms with Crippen molar-refractivity contribution >= 4 is 58.5 Å². The van der Waals surface area contributed by atoms with Gasteiger partial charge < -0.3 is 14.7 Å². The number of hydrogen-bond donors (Lipinski definition) is 0. The lowest BCUT2D eigenvalue weighted by atomic mass is 10.1. The monoisotopic (exact) mass is 658 g/mol. The summed E-state index contributed by atoms with van der Waals surface area (Å²) in [6.45, 7) is 7.56. The molecule has 6 rings (SSSR count). The number of halogens is 2. The molecule has 0 atom stereocenters. The van der Waals surface area contributed by atoms with Crippen LogP contribution in [0.4, 0.5) is 11.5 Å². The van der Waals surface area contributed by atoms with Crippen molar-refractivity contribution in [2.75, 3.05) is 68.7 Å². The predicted molar refractivity (Wildman–Crippen MR) is 187 cm³/mol. The average molecular weight is 660 g/mol. The Morgan fingerprint density at radius 2 is 1.51 bits per heavy atom. The fourth-order valence-electron chi connectivity index (χ4n) is 5.59. The van der Waals surface area contributed by atoms with E-state index in [4.69, 9.17) is 28.2 Å². The third-order valence-corrected chi connectivity index (χ3v) is 9.49. The molecule has 4 aromatic rings. The van der Waals surface area contributed by atoms with Crippen LogP contribution in [0.25, 0.3) is 6.08 Å². The van der Waals surface area contributed by atoms with Gasteiger partial charge in [-0.3, -0.25) is 9.69 Å². The Kier molecular flexibility index (Phi) is 10.6. The minimum Gasteiger partial charge on any atom is -0.368 e. The van der Waals surface area contributed by atoms with Crippen LogP contribution in [0, 0.1) is 0 Å². The third kappa shape index (κ3) is 8.58. The van der Waals surface area contributed by atoms with Crippen molar-refractivity contribution in [2.45, 2.75) is 10.9 Å². The van der Waals surface area contributed by atoms with E-state index in [1.807, 2.05) is 59.5 Å². The highest BCUT2D eigenvalue weighted by molar-refractivity contribution is 7.98. The van der Waals surface area contributed by atoms with Crippen molar-refractivity contribution < 1.29 is 4.79 Å². The maximum atomic E-state index is 13.2. The number of amides is 1. The lowest BCUT2D eigenvalue weighted by Crippen LogP contribution is -2.48. The Morgan fingerprint density at radius 1 is 0.778 bits per heavy atom. The molecule has 0 radical (unpaired) electrons. The average Bonchev–Trinajstić information content (AvgIpc) is 3.08.